The number of anilines is 1. The Hall–Kier alpha value is -2.97. The van der Waals surface area contributed by atoms with Crippen molar-refractivity contribution in [2.45, 2.75) is 6.54 Å². The van der Waals surface area contributed by atoms with Crippen molar-refractivity contribution in [3.8, 4) is 23.0 Å². The van der Waals surface area contributed by atoms with Crippen molar-refractivity contribution in [3.05, 3.63) is 52.8 Å². The third kappa shape index (κ3) is 3.32. The first-order chi connectivity index (χ1) is 13.8. The van der Waals surface area contributed by atoms with Gasteiger partial charge in [-0.3, -0.25) is 4.98 Å². The van der Waals surface area contributed by atoms with Gasteiger partial charge in [-0.2, -0.15) is 0 Å². The van der Waals surface area contributed by atoms with Crippen LogP contribution in [0.2, 0.25) is 4.34 Å². The molecule has 0 unspecified atom stereocenters. The van der Waals surface area contributed by atoms with Crippen LogP contribution in [-0.2, 0) is 6.54 Å². The summed E-state index contributed by atoms with van der Waals surface area (Å²) in [5.74, 6) is 2.73. The highest BCUT2D eigenvalue weighted by atomic mass is 35.5. The summed E-state index contributed by atoms with van der Waals surface area (Å²) in [5.41, 5.74) is 1.66. The first-order valence-electron chi connectivity index (χ1n) is 8.62. The molecule has 1 aliphatic heterocycles. The summed E-state index contributed by atoms with van der Waals surface area (Å²) >= 11 is 7.62. The third-order valence-corrected chi connectivity index (χ3v) is 5.38. The Morgan fingerprint density at radius 2 is 1.96 bits per heavy atom. The number of thiophene rings is 1. The smallest absolute Gasteiger partial charge is 0.183 e. The largest absolute Gasteiger partial charge is 0.486 e. The van der Waals surface area contributed by atoms with Gasteiger partial charge in [0, 0.05) is 18.9 Å². The van der Waals surface area contributed by atoms with E-state index in [4.69, 9.17) is 21.1 Å². The van der Waals surface area contributed by atoms with E-state index in [2.05, 4.69) is 25.3 Å². The van der Waals surface area contributed by atoms with Crippen LogP contribution in [-0.4, -0.2) is 33.1 Å². The monoisotopic (exact) mass is 411 g/mol. The van der Waals surface area contributed by atoms with Crippen LogP contribution < -0.4 is 14.8 Å². The van der Waals surface area contributed by atoms with Crippen LogP contribution in [0.4, 0.5) is 5.82 Å². The molecule has 1 aromatic carbocycles. The highest BCUT2D eigenvalue weighted by Crippen LogP contribution is 2.34. The van der Waals surface area contributed by atoms with Crippen LogP contribution in [0.1, 0.15) is 5.56 Å². The minimum atomic E-state index is 0.504. The Labute approximate surface area is 169 Å². The summed E-state index contributed by atoms with van der Waals surface area (Å²) < 4.78 is 11.9. The van der Waals surface area contributed by atoms with Crippen molar-refractivity contribution < 1.29 is 9.47 Å². The van der Waals surface area contributed by atoms with Crippen molar-refractivity contribution in [1.82, 2.24) is 19.9 Å². The molecule has 0 radical (unpaired) electrons. The minimum absolute atomic E-state index is 0.504. The zero-order valence-corrected chi connectivity index (χ0v) is 16.1. The summed E-state index contributed by atoms with van der Waals surface area (Å²) in [4.78, 5) is 18.4. The molecule has 3 aromatic heterocycles. The van der Waals surface area contributed by atoms with Gasteiger partial charge in [0.2, 0.25) is 0 Å². The molecule has 0 atom stereocenters. The van der Waals surface area contributed by atoms with Gasteiger partial charge in [-0.25, -0.2) is 15.0 Å². The number of hydrogen-bond acceptors (Lipinski definition) is 8. The van der Waals surface area contributed by atoms with Crippen molar-refractivity contribution in [2.24, 2.45) is 0 Å². The fraction of sp³-hybridized carbons (Fsp3) is 0.158. The Morgan fingerprint density at radius 3 is 2.82 bits per heavy atom. The molecule has 0 fully saturated rings. The lowest BCUT2D eigenvalue weighted by atomic mass is 10.2. The van der Waals surface area contributed by atoms with Crippen LogP contribution >= 0.6 is 22.9 Å². The summed E-state index contributed by atoms with van der Waals surface area (Å²) in [7, 11) is 0. The van der Waals surface area contributed by atoms with E-state index in [1.165, 1.54) is 11.3 Å². The van der Waals surface area contributed by atoms with Crippen LogP contribution in [0.15, 0.2) is 42.9 Å². The van der Waals surface area contributed by atoms with E-state index in [-0.39, 0.29) is 0 Å². The summed E-state index contributed by atoms with van der Waals surface area (Å²) in [6.45, 7) is 1.70. The maximum atomic E-state index is 6.21. The number of fused-ring (bicyclic) bond motifs is 2. The number of ether oxygens (including phenoxy) is 2. The number of nitrogens with one attached hydrogen (secondary N) is 1. The van der Waals surface area contributed by atoms with E-state index in [0.29, 0.717) is 41.4 Å². The van der Waals surface area contributed by atoms with E-state index in [1.807, 2.05) is 24.3 Å². The predicted molar refractivity (Wildman–Crippen MR) is 108 cm³/mol. The van der Waals surface area contributed by atoms with Gasteiger partial charge in [0.15, 0.2) is 17.3 Å². The zero-order valence-electron chi connectivity index (χ0n) is 14.6. The normalized spacial score (nSPS) is 12.9. The Morgan fingerprint density at radius 1 is 1.07 bits per heavy atom. The molecule has 0 saturated heterocycles. The van der Waals surface area contributed by atoms with E-state index in [0.717, 1.165) is 27.3 Å². The molecule has 0 spiro atoms. The van der Waals surface area contributed by atoms with Crippen LogP contribution in [0.25, 0.3) is 21.7 Å². The molecule has 4 heterocycles. The van der Waals surface area contributed by atoms with E-state index in [9.17, 15) is 0 Å². The molecule has 9 heteroatoms. The molecule has 5 rings (SSSR count). The summed E-state index contributed by atoms with van der Waals surface area (Å²) in [6.07, 6.45) is 4.87. The lowest BCUT2D eigenvalue weighted by molar-refractivity contribution is 0.171. The Bertz CT molecular complexity index is 1150. The molecule has 0 saturated carbocycles. The molecule has 0 amide bonds. The first kappa shape index (κ1) is 17.2. The van der Waals surface area contributed by atoms with Gasteiger partial charge < -0.3 is 14.8 Å². The molecule has 7 nitrogen and oxygen atoms in total. The maximum absolute atomic E-state index is 6.21. The summed E-state index contributed by atoms with van der Waals surface area (Å²) in [6, 6.07) is 7.77. The fourth-order valence-corrected chi connectivity index (χ4v) is 4.03. The molecule has 1 N–H and O–H groups in total. The van der Waals surface area contributed by atoms with Gasteiger partial charge in [0.1, 0.15) is 29.6 Å². The second kappa shape index (κ2) is 7.21. The van der Waals surface area contributed by atoms with Crippen LogP contribution in [0, 0.1) is 0 Å². The molecule has 4 aromatic rings. The van der Waals surface area contributed by atoms with Gasteiger partial charge in [0.05, 0.1) is 15.9 Å². The number of rotatable bonds is 4. The van der Waals surface area contributed by atoms with Crippen molar-refractivity contribution >= 4 is 39.0 Å². The van der Waals surface area contributed by atoms with Crippen molar-refractivity contribution in [1.29, 1.82) is 0 Å². The first-order valence-corrected chi connectivity index (χ1v) is 9.81. The SMILES string of the molecule is Clc1cc2c(NCc3ccc4c(c3)OCCO4)nc(-c3cnccn3)nc2s1. The summed E-state index contributed by atoms with van der Waals surface area (Å²) in [5, 5.41) is 4.26. The number of halogens is 1. The van der Waals surface area contributed by atoms with E-state index in [1.54, 1.807) is 18.6 Å². The third-order valence-electron chi connectivity index (χ3n) is 4.22. The number of benzene rings is 1. The second-order valence-corrected chi connectivity index (χ2v) is 7.75. The Balaban J connectivity index is 1.48. The quantitative estimate of drug-likeness (QED) is 0.539. The van der Waals surface area contributed by atoms with Crippen molar-refractivity contribution in [3.63, 3.8) is 0 Å². The fourth-order valence-electron chi connectivity index (χ4n) is 2.94. The second-order valence-electron chi connectivity index (χ2n) is 6.09. The van der Waals surface area contributed by atoms with Crippen molar-refractivity contribution in [2.75, 3.05) is 18.5 Å². The highest BCUT2D eigenvalue weighted by Gasteiger charge is 2.15. The Kier molecular flexibility index (Phi) is 4.42. The molecule has 28 heavy (non-hydrogen) atoms. The number of hydrogen-bond donors (Lipinski definition) is 1. The predicted octanol–water partition coefficient (Wildman–Crippen LogP) is 4.19. The van der Waals surface area contributed by atoms with Gasteiger partial charge >= 0.3 is 0 Å². The van der Waals surface area contributed by atoms with E-state index < -0.39 is 0 Å². The lowest BCUT2D eigenvalue weighted by Crippen LogP contribution is -2.15. The van der Waals surface area contributed by atoms with E-state index >= 15 is 0 Å². The highest BCUT2D eigenvalue weighted by molar-refractivity contribution is 7.22. The molecular weight excluding hydrogens is 398 g/mol. The lowest BCUT2D eigenvalue weighted by Gasteiger charge is -2.19. The average molecular weight is 412 g/mol. The zero-order chi connectivity index (χ0) is 18.9. The average Bonchev–Trinajstić information content (AvgIpc) is 3.12. The standard InChI is InChI=1S/C19H14ClN5O2S/c20-16-8-12-17(23-9-11-1-2-14-15(7-11)27-6-5-26-14)24-18(25-19(12)28-16)13-10-21-3-4-22-13/h1-4,7-8,10H,5-6,9H2,(H,23,24,25). The van der Waals surface area contributed by atoms with Gasteiger partial charge in [0.25, 0.3) is 0 Å². The topological polar surface area (TPSA) is 82.0 Å². The van der Waals surface area contributed by atoms with Gasteiger partial charge in [-0.1, -0.05) is 17.7 Å². The van der Waals surface area contributed by atoms with Crippen LogP contribution in [0.5, 0.6) is 11.5 Å². The number of aromatic nitrogens is 4. The molecule has 140 valence electrons. The minimum Gasteiger partial charge on any atom is -0.486 e. The van der Waals surface area contributed by atoms with Gasteiger partial charge in [-0.15, -0.1) is 11.3 Å². The van der Waals surface area contributed by atoms with Gasteiger partial charge in [-0.05, 0) is 23.8 Å². The van der Waals surface area contributed by atoms with Crippen LogP contribution in [0.3, 0.4) is 0 Å². The molecule has 0 bridgehead atoms. The number of nitrogens with zero attached hydrogens (tertiary/aromatic N) is 4. The molecule has 1 aliphatic rings. The molecular formula is C19H14ClN5O2S. The molecule has 0 aliphatic carbocycles. The maximum Gasteiger partial charge on any atom is 0.183 e.